The van der Waals surface area contributed by atoms with Crippen LogP contribution in [0.15, 0.2) is 54.7 Å². The van der Waals surface area contributed by atoms with Gasteiger partial charge in [0, 0.05) is 31.4 Å². The Hall–Kier alpha value is -3.03. The zero-order valence-corrected chi connectivity index (χ0v) is 17.9. The molecule has 2 heterocycles. The summed E-state index contributed by atoms with van der Waals surface area (Å²) >= 11 is 5.83. The number of urea groups is 1. The lowest BCUT2D eigenvalue weighted by molar-refractivity contribution is 0.177. The third-order valence-corrected chi connectivity index (χ3v) is 5.85. The fourth-order valence-electron chi connectivity index (χ4n) is 3.77. The van der Waals surface area contributed by atoms with E-state index in [1.165, 1.54) is 30.3 Å². The molecule has 5 nitrogen and oxygen atoms in total. The monoisotopic (exact) mass is 457 g/mol. The molecule has 0 spiro atoms. The summed E-state index contributed by atoms with van der Waals surface area (Å²) in [5.41, 5.74) is 4.40. The second kappa shape index (κ2) is 9.63. The van der Waals surface area contributed by atoms with Gasteiger partial charge in [-0.1, -0.05) is 29.8 Å². The van der Waals surface area contributed by atoms with Crippen LogP contribution in [0.3, 0.4) is 0 Å². The summed E-state index contributed by atoms with van der Waals surface area (Å²) in [5, 5.41) is 12.5. The molecular formula is C24H22ClF2N3O2. The molecular weight excluding hydrogens is 436 g/mol. The average Bonchev–Trinajstić information content (AvgIpc) is 2.80. The van der Waals surface area contributed by atoms with Crippen LogP contribution in [-0.4, -0.2) is 34.2 Å². The van der Waals surface area contributed by atoms with Crippen LogP contribution in [0.1, 0.15) is 34.0 Å². The molecule has 0 bridgehead atoms. The minimum absolute atomic E-state index is 0.0664. The van der Waals surface area contributed by atoms with Gasteiger partial charge in [0.05, 0.1) is 17.7 Å². The van der Waals surface area contributed by atoms with Crippen molar-refractivity contribution in [1.82, 2.24) is 15.2 Å². The smallest absolute Gasteiger partial charge is 0.318 e. The predicted molar refractivity (Wildman–Crippen MR) is 117 cm³/mol. The number of carbonyl (C=O) groups excluding carboxylic acids is 1. The summed E-state index contributed by atoms with van der Waals surface area (Å²) in [6.07, 6.45) is 3.07. The molecule has 0 radical (unpaired) electrons. The minimum Gasteiger partial charge on any atom is -0.394 e. The van der Waals surface area contributed by atoms with Crippen molar-refractivity contribution in [3.63, 3.8) is 0 Å². The molecule has 32 heavy (non-hydrogen) atoms. The molecule has 2 N–H and O–H groups in total. The Bertz CT molecular complexity index is 1120. The van der Waals surface area contributed by atoms with Crippen molar-refractivity contribution >= 4 is 17.6 Å². The Kier molecular flexibility index (Phi) is 6.67. The van der Waals surface area contributed by atoms with Gasteiger partial charge in [0.25, 0.3) is 0 Å². The molecule has 166 valence electrons. The van der Waals surface area contributed by atoms with E-state index in [9.17, 15) is 18.7 Å². The number of aliphatic hydroxyl groups is 1. The van der Waals surface area contributed by atoms with Gasteiger partial charge in [0.1, 0.15) is 11.6 Å². The van der Waals surface area contributed by atoms with Crippen LogP contribution in [0.4, 0.5) is 13.6 Å². The fourth-order valence-corrected chi connectivity index (χ4v) is 3.96. The van der Waals surface area contributed by atoms with Gasteiger partial charge in [-0.3, -0.25) is 4.98 Å². The maximum absolute atomic E-state index is 13.4. The van der Waals surface area contributed by atoms with E-state index in [-0.39, 0.29) is 23.5 Å². The van der Waals surface area contributed by atoms with E-state index in [2.05, 4.69) is 10.3 Å². The molecule has 2 aromatic carbocycles. The highest BCUT2D eigenvalue weighted by atomic mass is 35.5. The SMILES string of the molecule is O=C(N[C@H](CO)c1ccc(F)c(Cl)c1)N1CCc2cnc(Cc3ccc(F)cc3)cc2C1. The van der Waals surface area contributed by atoms with Crippen molar-refractivity contribution in [2.24, 2.45) is 0 Å². The number of fused-ring (bicyclic) bond motifs is 1. The summed E-state index contributed by atoms with van der Waals surface area (Å²) in [6, 6.07) is 11.3. The van der Waals surface area contributed by atoms with Gasteiger partial charge in [0.15, 0.2) is 0 Å². The molecule has 0 unspecified atom stereocenters. The highest BCUT2D eigenvalue weighted by Crippen LogP contribution is 2.23. The quantitative estimate of drug-likeness (QED) is 0.596. The maximum Gasteiger partial charge on any atom is 0.318 e. The summed E-state index contributed by atoms with van der Waals surface area (Å²) in [4.78, 5) is 19.0. The molecule has 1 aliphatic heterocycles. The Labute approximate surface area is 189 Å². The third-order valence-electron chi connectivity index (χ3n) is 5.56. The van der Waals surface area contributed by atoms with Crippen molar-refractivity contribution < 1.29 is 18.7 Å². The van der Waals surface area contributed by atoms with Crippen molar-refractivity contribution in [3.8, 4) is 0 Å². The van der Waals surface area contributed by atoms with Crippen LogP contribution >= 0.6 is 11.6 Å². The molecule has 1 aliphatic rings. The number of nitrogens with one attached hydrogen (secondary N) is 1. The van der Waals surface area contributed by atoms with E-state index in [0.29, 0.717) is 31.5 Å². The van der Waals surface area contributed by atoms with E-state index >= 15 is 0 Å². The van der Waals surface area contributed by atoms with Crippen LogP contribution in [0, 0.1) is 11.6 Å². The van der Waals surface area contributed by atoms with Gasteiger partial charge >= 0.3 is 6.03 Å². The van der Waals surface area contributed by atoms with Gasteiger partial charge in [-0.05, 0) is 59.0 Å². The summed E-state index contributed by atoms with van der Waals surface area (Å²) in [5.74, 6) is -0.839. The summed E-state index contributed by atoms with van der Waals surface area (Å²) < 4.78 is 26.6. The predicted octanol–water partition coefficient (Wildman–Crippen LogP) is 4.41. The van der Waals surface area contributed by atoms with Crippen molar-refractivity contribution in [3.05, 3.63) is 99.3 Å². The standard InChI is InChI=1S/C24H22ClF2N3O2/c25-21-11-16(3-6-22(21)27)23(14-31)29-24(32)30-8-7-17-12-28-20(10-18(17)13-30)9-15-1-4-19(26)5-2-15/h1-6,10-12,23,31H,7-9,13-14H2,(H,29,32)/t23-/m1/s1. The lowest BCUT2D eigenvalue weighted by Crippen LogP contribution is -2.44. The Morgan fingerprint density at radius 1 is 1.16 bits per heavy atom. The fraction of sp³-hybridized carbons (Fsp3) is 0.250. The second-order valence-electron chi connectivity index (χ2n) is 7.78. The van der Waals surface area contributed by atoms with Crippen LogP contribution in [0.25, 0.3) is 0 Å². The van der Waals surface area contributed by atoms with E-state index < -0.39 is 11.9 Å². The average molecular weight is 458 g/mol. The van der Waals surface area contributed by atoms with Gasteiger partial charge < -0.3 is 15.3 Å². The molecule has 0 saturated heterocycles. The summed E-state index contributed by atoms with van der Waals surface area (Å²) in [6.45, 7) is 0.576. The number of benzene rings is 2. The minimum atomic E-state index is -0.700. The Balaban J connectivity index is 1.44. The number of nitrogens with zero attached hydrogens (tertiary/aromatic N) is 2. The number of rotatable bonds is 5. The normalized spacial score (nSPS) is 14.1. The number of hydrogen-bond acceptors (Lipinski definition) is 3. The highest BCUT2D eigenvalue weighted by Gasteiger charge is 2.24. The first-order valence-electron chi connectivity index (χ1n) is 10.3. The lowest BCUT2D eigenvalue weighted by atomic mass is 9.99. The van der Waals surface area contributed by atoms with Crippen LogP contribution in [0.5, 0.6) is 0 Å². The molecule has 4 rings (SSSR count). The highest BCUT2D eigenvalue weighted by molar-refractivity contribution is 6.30. The van der Waals surface area contributed by atoms with E-state index in [1.54, 1.807) is 17.0 Å². The van der Waals surface area contributed by atoms with Gasteiger partial charge in [-0.15, -0.1) is 0 Å². The number of aromatic nitrogens is 1. The number of hydrogen-bond donors (Lipinski definition) is 2. The maximum atomic E-state index is 13.4. The van der Waals surface area contributed by atoms with Gasteiger partial charge in [0.2, 0.25) is 0 Å². The number of carbonyl (C=O) groups is 1. The van der Waals surface area contributed by atoms with Crippen molar-refractivity contribution in [1.29, 1.82) is 0 Å². The topological polar surface area (TPSA) is 65.5 Å². The third kappa shape index (κ3) is 5.06. The molecule has 1 aromatic heterocycles. The first-order chi connectivity index (χ1) is 15.4. The number of aliphatic hydroxyl groups excluding tert-OH is 1. The second-order valence-corrected chi connectivity index (χ2v) is 8.18. The van der Waals surface area contributed by atoms with Crippen LogP contribution in [0.2, 0.25) is 5.02 Å². The van der Waals surface area contributed by atoms with Crippen LogP contribution in [-0.2, 0) is 19.4 Å². The first-order valence-corrected chi connectivity index (χ1v) is 10.6. The molecule has 8 heteroatoms. The Morgan fingerprint density at radius 3 is 2.66 bits per heavy atom. The molecule has 2 amide bonds. The number of pyridine rings is 1. The van der Waals surface area contributed by atoms with Crippen molar-refractivity contribution in [2.75, 3.05) is 13.2 Å². The first kappa shape index (κ1) is 22.2. The molecule has 0 fully saturated rings. The van der Waals surface area contributed by atoms with E-state index in [0.717, 1.165) is 22.4 Å². The largest absolute Gasteiger partial charge is 0.394 e. The van der Waals surface area contributed by atoms with Crippen LogP contribution < -0.4 is 5.32 Å². The molecule has 0 saturated carbocycles. The zero-order valence-electron chi connectivity index (χ0n) is 17.2. The number of amides is 2. The number of halogens is 3. The van der Waals surface area contributed by atoms with Gasteiger partial charge in [-0.2, -0.15) is 0 Å². The van der Waals surface area contributed by atoms with Gasteiger partial charge in [-0.25, -0.2) is 13.6 Å². The molecule has 0 aliphatic carbocycles. The Morgan fingerprint density at radius 2 is 1.94 bits per heavy atom. The lowest BCUT2D eigenvalue weighted by Gasteiger charge is -2.30. The zero-order chi connectivity index (χ0) is 22.7. The van der Waals surface area contributed by atoms with Crippen molar-refractivity contribution in [2.45, 2.75) is 25.4 Å². The molecule has 1 atom stereocenters. The summed E-state index contributed by atoms with van der Waals surface area (Å²) in [7, 11) is 0. The van der Waals surface area contributed by atoms with E-state index in [4.69, 9.17) is 11.6 Å². The van der Waals surface area contributed by atoms with E-state index in [1.807, 2.05) is 12.3 Å². The molecule has 3 aromatic rings.